The van der Waals surface area contributed by atoms with Crippen LogP contribution in [0, 0.1) is 0 Å². The second-order valence-corrected chi connectivity index (χ2v) is 9.88. The van der Waals surface area contributed by atoms with Crippen LogP contribution in [0.2, 0.25) is 0 Å². The summed E-state index contributed by atoms with van der Waals surface area (Å²) in [4.78, 5) is 27.3. The van der Waals surface area contributed by atoms with Crippen molar-refractivity contribution in [1.29, 1.82) is 0 Å². The lowest BCUT2D eigenvalue weighted by atomic mass is 10.0. The Labute approximate surface area is 215 Å². The van der Waals surface area contributed by atoms with Crippen molar-refractivity contribution >= 4 is 23.2 Å². The summed E-state index contributed by atoms with van der Waals surface area (Å²) in [7, 11) is 1.80. The van der Waals surface area contributed by atoms with Gasteiger partial charge in [-0.1, -0.05) is 0 Å². The van der Waals surface area contributed by atoms with Crippen LogP contribution >= 0.6 is 0 Å². The first kappa shape index (κ1) is 23.8. The second kappa shape index (κ2) is 10.1. The van der Waals surface area contributed by atoms with Gasteiger partial charge in [-0.2, -0.15) is 5.10 Å². The van der Waals surface area contributed by atoms with E-state index < -0.39 is 0 Å². The van der Waals surface area contributed by atoms with Crippen LogP contribution < -0.4 is 15.5 Å². The van der Waals surface area contributed by atoms with E-state index in [0.29, 0.717) is 36.5 Å². The number of carbonyl (C=O) groups excluding carboxylic acids is 1. The van der Waals surface area contributed by atoms with Crippen LogP contribution in [0.4, 0.5) is 22.0 Å². The number of urea groups is 1. The smallest absolute Gasteiger partial charge is 0.323 e. The number of morpholine rings is 1. The van der Waals surface area contributed by atoms with Gasteiger partial charge in [-0.25, -0.2) is 14.8 Å². The number of rotatable bonds is 5. The van der Waals surface area contributed by atoms with Crippen molar-refractivity contribution in [1.82, 2.24) is 24.6 Å². The maximum absolute atomic E-state index is 12.4. The van der Waals surface area contributed by atoms with E-state index in [2.05, 4.69) is 32.5 Å². The van der Waals surface area contributed by atoms with Gasteiger partial charge in [0.05, 0.1) is 56.1 Å². The molecule has 0 spiro atoms. The molecule has 6 rings (SSSR count). The molecule has 2 N–H and O–H groups in total. The molecular formula is C26H32N8O3. The van der Waals surface area contributed by atoms with E-state index in [1.54, 1.807) is 24.1 Å². The lowest BCUT2D eigenvalue weighted by molar-refractivity contribution is -0.0699. The Kier molecular flexibility index (Phi) is 6.49. The number of carbonyl (C=O) groups is 1. The molecule has 3 aliphatic heterocycles. The van der Waals surface area contributed by atoms with Gasteiger partial charge in [-0.15, -0.1) is 0 Å². The highest BCUT2D eigenvalue weighted by molar-refractivity contribution is 5.99. The summed E-state index contributed by atoms with van der Waals surface area (Å²) >= 11 is 0. The van der Waals surface area contributed by atoms with E-state index >= 15 is 0 Å². The van der Waals surface area contributed by atoms with Crippen LogP contribution in [-0.4, -0.2) is 82.3 Å². The van der Waals surface area contributed by atoms with Gasteiger partial charge in [-0.05, 0) is 37.6 Å². The molecule has 11 heteroatoms. The van der Waals surface area contributed by atoms with Gasteiger partial charge in [0.1, 0.15) is 5.82 Å². The maximum atomic E-state index is 12.4. The highest BCUT2D eigenvalue weighted by Gasteiger charge is 2.33. The number of hydrogen-bond donors (Lipinski definition) is 2. The van der Waals surface area contributed by atoms with E-state index in [9.17, 15) is 4.79 Å². The number of anilines is 3. The summed E-state index contributed by atoms with van der Waals surface area (Å²) in [5.41, 5.74) is 4.56. The van der Waals surface area contributed by atoms with Crippen molar-refractivity contribution in [2.45, 2.75) is 32.0 Å². The van der Waals surface area contributed by atoms with E-state index in [-0.39, 0.29) is 12.1 Å². The molecule has 2 amide bonds. The van der Waals surface area contributed by atoms with Gasteiger partial charge in [0.2, 0.25) is 0 Å². The first-order chi connectivity index (χ1) is 18.0. The van der Waals surface area contributed by atoms with Crippen molar-refractivity contribution in [2.24, 2.45) is 7.05 Å². The Balaban J connectivity index is 1.25. The van der Waals surface area contributed by atoms with Crippen molar-refractivity contribution in [3.63, 3.8) is 0 Å². The first-order valence-electron chi connectivity index (χ1n) is 12.8. The minimum atomic E-state index is -0.325. The van der Waals surface area contributed by atoms with Crippen LogP contribution in [0.5, 0.6) is 0 Å². The normalized spacial score (nSPS) is 20.3. The minimum Gasteiger partial charge on any atom is -0.378 e. The molecule has 37 heavy (non-hydrogen) atoms. The predicted molar refractivity (Wildman–Crippen MR) is 140 cm³/mol. The zero-order chi connectivity index (χ0) is 25.4. The number of ether oxygens (including phenoxy) is 2. The fourth-order valence-corrected chi connectivity index (χ4v) is 5.07. The average molecular weight is 505 g/mol. The molecule has 2 saturated heterocycles. The molecule has 0 radical (unpaired) electrons. The molecule has 11 nitrogen and oxygen atoms in total. The first-order valence-corrected chi connectivity index (χ1v) is 12.8. The number of fused-ring (bicyclic) bond motifs is 1. The van der Waals surface area contributed by atoms with Crippen LogP contribution in [0.25, 0.3) is 11.4 Å². The molecule has 5 heterocycles. The molecule has 194 valence electrons. The second-order valence-electron chi connectivity index (χ2n) is 9.88. The molecular weight excluding hydrogens is 472 g/mol. The third kappa shape index (κ3) is 5.02. The molecule has 2 aromatic heterocycles. The quantitative estimate of drug-likeness (QED) is 0.546. The molecule has 0 unspecified atom stereocenters. The summed E-state index contributed by atoms with van der Waals surface area (Å²) in [5, 5.41) is 9.70. The van der Waals surface area contributed by atoms with Crippen molar-refractivity contribution in [2.75, 3.05) is 55.1 Å². The Hall–Kier alpha value is -3.54. The van der Waals surface area contributed by atoms with E-state index in [4.69, 9.17) is 19.4 Å². The number of nitrogens with zero attached hydrogens (tertiary/aromatic N) is 6. The van der Waals surface area contributed by atoms with Crippen molar-refractivity contribution in [3.05, 3.63) is 47.9 Å². The zero-order valence-corrected chi connectivity index (χ0v) is 21.2. The molecule has 0 bridgehead atoms. The Morgan fingerprint density at radius 3 is 2.54 bits per heavy atom. The standard InChI is InChI=1S/C26H32N8O3/c1-17-14-36-10-9-34(17)25-22-7-8-33(21-15-37-16-21)13-23(22)30-24(31-25)18-3-5-19(6-4-18)28-26(35)29-20-11-27-32(2)12-20/h3-6,11-12,17,21H,7-10,13-16H2,1-2H3,(H2,28,29,35)/t17-/m0/s1. The van der Waals surface area contributed by atoms with Gasteiger partial charge in [-0.3, -0.25) is 9.58 Å². The Morgan fingerprint density at radius 2 is 1.84 bits per heavy atom. The maximum Gasteiger partial charge on any atom is 0.323 e. The molecule has 1 atom stereocenters. The highest BCUT2D eigenvalue weighted by Crippen LogP contribution is 2.32. The fourth-order valence-electron chi connectivity index (χ4n) is 5.07. The van der Waals surface area contributed by atoms with Gasteiger partial charge < -0.3 is 25.0 Å². The van der Waals surface area contributed by atoms with Gasteiger partial charge in [0, 0.05) is 49.7 Å². The van der Waals surface area contributed by atoms with Crippen molar-refractivity contribution < 1.29 is 14.3 Å². The molecule has 3 aromatic rings. The Bertz CT molecular complexity index is 1270. The number of aromatic nitrogens is 4. The van der Waals surface area contributed by atoms with E-state index in [1.165, 1.54) is 5.56 Å². The highest BCUT2D eigenvalue weighted by atomic mass is 16.5. The number of amides is 2. The van der Waals surface area contributed by atoms with E-state index in [1.807, 2.05) is 24.3 Å². The Morgan fingerprint density at radius 1 is 1.03 bits per heavy atom. The number of aryl methyl sites for hydroxylation is 1. The SMILES string of the molecule is C[C@H]1COCCN1c1nc(-c2ccc(NC(=O)Nc3cnn(C)c3)cc2)nc2c1CCN(C1COC1)C2. The molecule has 0 aliphatic carbocycles. The molecule has 3 aliphatic rings. The average Bonchev–Trinajstić information content (AvgIpc) is 3.27. The fraction of sp³-hybridized carbons (Fsp3) is 0.462. The van der Waals surface area contributed by atoms with Crippen LogP contribution in [0.15, 0.2) is 36.7 Å². The third-order valence-electron chi connectivity index (χ3n) is 7.21. The van der Waals surface area contributed by atoms with Gasteiger partial charge in [0.25, 0.3) is 0 Å². The van der Waals surface area contributed by atoms with Gasteiger partial charge >= 0.3 is 6.03 Å². The molecule has 0 saturated carbocycles. The zero-order valence-electron chi connectivity index (χ0n) is 21.2. The summed E-state index contributed by atoms with van der Waals surface area (Å²) in [6, 6.07) is 8.05. The molecule has 1 aromatic carbocycles. The lowest BCUT2D eigenvalue weighted by Gasteiger charge is -2.41. The van der Waals surface area contributed by atoms with Gasteiger partial charge in [0.15, 0.2) is 5.82 Å². The topological polar surface area (TPSA) is 110 Å². The summed E-state index contributed by atoms with van der Waals surface area (Å²) in [5.74, 6) is 1.73. The summed E-state index contributed by atoms with van der Waals surface area (Å²) in [6.45, 7) is 7.79. The number of nitrogens with one attached hydrogen (secondary N) is 2. The minimum absolute atomic E-state index is 0.253. The predicted octanol–water partition coefficient (Wildman–Crippen LogP) is 2.50. The largest absolute Gasteiger partial charge is 0.378 e. The number of hydrogen-bond acceptors (Lipinski definition) is 8. The molecule has 2 fully saturated rings. The van der Waals surface area contributed by atoms with Crippen LogP contribution in [0.3, 0.4) is 0 Å². The number of benzene rings is 1. The summed E-state index contributed by atoms with van der Waals surface area (Å²) in [6.07, 6.45) is 4.27. The summed E-state index contributed by atoms with van der Waals surface area (Å²) < 4.78 is 12.8. The van der Waals surface area contributed by atoms with Crippen LogP contribution in [0.1, 0.15) is 18.2 Å². The monoisotopic (exact) mass is 504 g/mol. The third-order valence-corrected chi connectivity index (χ3v) is 7.21. The van der Waals surface area contributed by atoms with Crippen LogP contribution in [-0.2, 0) is 29.5 Å². The lowest BCUT2D eigenvalue weighted by Crippen LogP contribution is -2.51. The van der Waals surface area contributed by atoms with E-state index in [0.717, 1.165) is 56.3 Å². The van der Waals surface area contributed by atoms with Crippen molar-refractivity contribution in [3.8, 4) is 11.4 Å².